The van der Waals surface area contributed by atoms with Crippen LogP contribution >= 0.6 is 32.2 Å². The number of nitrogens with zero attached hydrogens (tertiary/aromatic N) is 2. The topological polar surface area (TPSA) is 680 Å². The van der Waals surface area contributed by atoms with Gasteiger partial charge in [-0.3, -0.25) is 86.2 Å². The second-order valence-electron chi connectivity index (χ2n) is 27.5. The Bertz CT molecular complexity index is 3370. The molecule has 3 rings (SSSR count). The number of thiol groups is 1. The van der Waals surface area contributed by atoms with Gasteiger partial charge in [0.1, 0.15) is 66.5 Å². The number of hydrogen-bond donors (Lipinski definition) is 23. The van der Waals surface area contributed by atoms with Gasteiger partial charge >= 0.3 is 25.8 Å². The number of carboxylic acid groups (broad SMARTS) is 2. The van der Waals surface area contributed by atoms with E-state index >= 15 is 0 Å². The third kappa shape index (κ3) is 32.5. The van der Waals surface area contributed by atoms with Gasteiger partial charge in [-0.15, -0.1) is 0 Å². The maximum atomic E-state index is 14.5. The van der Waals surface area contributed by atoms with E-state index in [1.54, 1.807) is 25.6 Å². The Morgan fingerprint density at radius 3 is 1.67 bits per heavy atom. The van der Waals surface area contributed by atoms with E-state index in [1.807, 2.05) is 0 Å². The third-order valence-electron chi connectivity index (χ3n) is 17.3. The van der Waals surface area contributed by atoms with Crippen LogP contribution in [0.2, 0.25) is 0 Å². The van der Waals surface area contributed by atoms with Crippen molar-refractivity contribution in [3.05, 3.63) is 0 Å². The molecule has 0 aliphatic carbocycles. The molecule has 3 aliphatic rings. The smallest absolute Gasteiger partial charge is 0.469 e. The van der Waals surface area contributed by atoms with Gasteiger partial charge in [0.15, 0.2) is 5.96 Å². The van der Waals surface area contributed by atoms with E-state index in [2.05, 4.69) is 92.1 Å². The van der Waals surface area contributed by atoms with Crippen LogP contribution in [0.1, 0.15) is 133 Å². The van der Waals surface area contributed by atoms with Gasteiger partial charge < -0.3 is 122 Å². The van der Waals surface area contributed by atoms with Crippen molar-refractivity contribution >= 4 is 139 Å². The van der Waals surface area contributed by atoms with Crippen molar-refractivity contribution in [1.29, 1.82) is 0 Å². The molecule has 25 N–H and O–H groups in total. The van der Waals surface area contributed by atoms with Crippen LogP contribution in [0.4, 0.5) is 4.79 Å². The van der Waals surface area contributed by atoms with Gasteiger partial charge in [-0.05, 0) is 83.5 Å². The second-order valence-corrected chi connectivity index (χ2v) is 30.4. The van der Waals surface area contributed by atoms with Crippen molar-refractivity contribution in [2.45, 2.75) is 229 Å². The molecule has 0 aromatic rings. The predicted molar refractivity (Wildman–Crippen MR) is 391 cm³/mol. The Labute approximate surface area is 637 Å². The Hall–Kier alpha value is -9.17. The minimum Gasteiger partial charge on any atom is -0.481 e. The fourth-order valence-corrected chi connectivity index (χ4v) is 13.9. The zero-order valence-corrected chi connectivity index (χ0v) is 64.5. The Balaban J connectivity index is 1.70. The molecule has 109 heavy (non-hydrogen) atoms. The molecule has 16 amide bonds. The number of fused-ring (bicyclic) bond motifs is 1. The number of aliphatic imine (C=N–C) groups is 1. The highest BCUT2D eigenvalue weighted by molar-refractivity contribution is 8.00. The molecule has 0 radical (unpaired) electrons. The number of nitrogens with one attached hydrogen (secondary N) is 14. The van der Waals surface area contributed by atoms with Crippen LogP contribution in [0.3, 0.4) is 0 Å². The number of thioether (sulfide) groups is 1. The highest BCUT2D eigenvalue weighted by Crippen LogP contribution is 2.39. The lowest BCUT2D eigenvalue weighted by molar-refractivity contribution is -0.145. The fourth-order valence-electron chi connectivity index (χ4n) is 11.6. The van der Waals surface area contributed by atoms with Gasteiger partial charge in [-0.1, -0.05) is 48.0 Å². The van der Waals surface area contributed by atoms with Crippen molar-refractivity contribution in [2.24, 2.45) is 39.9 Å². The number of phosphoric ester groups is 1. The van der Waals surface area contributed by atoms with Gasteiger partial charge in [0.2, 0.25) is 82.7 Å². The van der Waals surface area contributed by atoms with Crippen LogP contribution in [0.15, 0.2) is 4.99 Å². The molecule has 3 heterocycles. The molecule has 16 atom stereocenters. The molecule has 43 nitrogen and oxygen atoms in total. The number of carbonyl (C=O) groups excluding carboxylic acids is 15. The van der Waals surface area contributed by atoms with Crippen molar-refractivity contribution in [1.82, 2.24) is 79.3 Å². The lowest BCUT2D eigenvalue weighted by Crippen LogP contribution is -2.63. The van der Waals surface area contributed by atoms with Crippen LogP contribution in [0.5, 0.6) is 0 Å². The number of phosphoric acid groups is 1. The normalized spacial score (nSPS) is 19.2. The number of nitrogens with two attached hydrogens (primary N) is 3. The molecule has 0 spiro atoms. The summed E-state index contributed by atoms with van der Waals surface area (Å²) >= 11 is 5.90. The Kier molecular flexibility index (Phi) is 38.9. The summed E-state index contributed by atoms with van der Waals surface area (Å²) in [4.78, 5) is 250. The Morgan fingerprint density at radius 2 is 1.13 bits per heavy atom. The second kappa shape index (κ2) is 45.1. The van der Waals surface area contributed by atoms with Crippen LogP contribution in [-0.2, 0) is 85.8 Å². The van der Waals surface area contributed by atoms with E-state index in [-0.39, 0.29) is 86.9 Å². The molecule has 0 bridgehead atoms. The maximum absolute atomic E-state index is 14.5. The number of amides is 16. The number of urea groups is 1. The SMILES string of the molecule is CC(C)C[C@H](NC(=O)[C@H](CC(=O)O)NC(=O)[C@@H](NC(=O)CNC(=O)CNC(=O)CCCC[C@@H]1SC[C@@H]2NC(=O)N[C@@H]21)C(C)C)C(=O)N[C@@H](C)C(=O)N[C@@H](CS)C(=O)N[C@H](C(=O)N1CCC[C@H]1C(=O)N[C@H](C(=O)N[C@@H](CC(=O)O)C(=O)N[C@H](C(=O)N[C@@H](CCCN=C(N)N)C(N)=O)C(C)C)[C@@H](C)O)[C@@H](C)OP(=O)(O)O. The highest BCUT2D eigenvalue weighted by Gasteiger charge is 2.46. The summed E-state index contributed by atoms with van der Waals surface area (Å²) in [6.07, 6.45) is -3.94. The third-order valence-corrected chi connectivity index (χ3v) is 19.7. The zero-order valence-electron chi connectivity index (χ0n) is 61.9. The summed E-state index contributed by atoms with van der Waals surface area (Å²) in [5, 5.41) is 64.3. The molecular weight excluding hydrogens is 1500 g/mol. The number of aliphatic carboxylic acids is 2. The summed E-state index contributed by atoms with van der Waals surface area (Å²) in [6, 6.07) is -18.7. The quantitative estimate of drug-likeness (QED) is 0.00672. The standard InChI is InChI=1S/C63H106N19O24PS2/c1-27(2)20-34(72-54(94)35(21-44(87)88)73-58(98)46(28(3)4)77-43(86)24-69-42(85)23-68-41(84)17-11-10-16-40-50-38(26-109-40)76-63(102)81-50)53(93)70-30(7)52(92)75-37(25-108)56(96)80-49(32(9)106-107(103,104)105)61(101)82-19-13-15-39(82)57(97)79-48(31(8)83)60(100)74-36(22-45(89)90)55(95)78-47(29(5)6)59(99)71-33(51(64)91)14-12-18-67-62(65)66/h27-40,46-50,83,108H,10-26H2,1-9H3,(H2,64,91)(H,68,84)(H,69,85)(H,70,93)(H,71,99)(H,72,94)(H,73,98)(H,74,100)(H,75,92)(H,77,86)(H,78,95)(H,79,97)(H,80,96)(H,87,88)(H,89,90)(H4,65,66,67)(H2,76,81,102)(H2,103,104,105)/t30-,31+,32+,33-,34-,35-,36-,37-,38-,39-,40-,46-,47-,48-,49-,50-/m0/s1. The molecule has 0 unspecified atom stereocenters. The van der Waals surface area contributed by atoms with Crippen molar-refractivity contribution < 1.29 is 116 Å². The number of guanidine groups is 1. The van der Waals surface area contributed by atoms with Crippen molar-refractivity contribution in [3.8, 4) is 0 Å². The first-order valence-corrected chi connectivity index (χ1v) is 38.4. The van der Waals surface area contributed by atoms with Gasteiger partial charge in [0.25, 0.3) is 0 Å². The highest BCUT2D eigenvalue weighted by atomic mass is 32.2. The van der Waals surface area contributed by atoms with Gasteiger partial charge in [-0.2, -0.15) is 24.4 Å². The summed E-state index contributed by atoms with van der Waals surface area (Å²) in [7, 11) is -5.50. The van der Waals surface area contributed by atoms with E-state index in [4.69, 9.17) is 21.7 Å². The molecule has 3 saturated heterocycles. The zero-order chi connectivity index (χ0) is 82.5. The predicted octanol–water partition coefficient (Wildman–Crippen LogP) is -7.54. The summed E-state index contributed by atoms with van der Waals surface area (Å²) in [5.74, 6) is -19.6. The van der Waals surface area contributed by atoms with E-state index in [0.29, 0.717) is 12.8 Å². The number of hydrogen-bond acceptors (Lipinski definition) is 23. The van der Waals surface area contributed by atoms with Crippen LogP contribution in [-0.4, -0.2) is 270 Å². The average molecular weight is 1610 g/mol. The molecule has 0 aromatic heterocycles. The fraction of sp³-hybridized carbons (Fsp3) is 0.714. The first kappa shape index (κ1) is 94.0. The summed E-state index contributed by atoms with van der Waals surface area (Å²) in [6.45, 7) is 11.1. The summed E-state index contributed by atoms with van der Waals surface area (Å²) in [5.41, 5.74) is 16.1. The average Bonchev–Trinajstić information content (AvgIpc) is 1.73. The summed E-state index contributed by atoms with van der Waals surface area (Å²) < 4.78 is 17.0. The van der Waals surface area contributed by atoms with Gasteiger partial charge in [-0.25, -0.2) is 9.36 Å². The number of aliphatic hydroxyl groups excluding tert-OH is 1. The molecule has 0 saturated carbocycles. The molecule has 0 aromatic carbocycles. The van der Waals surface area contributed by atoms with Crippen LogP contribution in [0.25, 0.3) is 0 Å². The molecular formula is C63H106N19O24PS2. The van der Waals surface area contributed by atoms with Gasteiger partial charge in [0.05, 0.1) is 50.2 Å². The first-order chi connectivity index (χ1) is 50.8. The Morgan fingerprint density at radius 1 is 0.615 bits per heavy atom. The van der Waals surface area contributed by atoms with Crippen LogP contribution < -0.4 is 91.6 Å². The molecule has 614 valence electrons. The van der Waals surface area contributed by atoms with Gasteiger partial charge in [0, 0.05) is 36.3 Å². The van der Waals surface area contributed by atoms with E-state index in [0.717, 1.165) is 37.8 Å². The number of aliphatic hydroxyl groups is 1. The number of primary amides is 1. The lowest BCUT2D eigenvalue weighted by atomic mass is 10.0. The molecule has 3 fully saturated rings. The number of carbonyl (C=O) groups is 17. The molecule has 46 heteroatoms. The van der Waals surface area contributed by atoms with E-state index < -0.39 is 225 Å². The maximum Gasteiger partial charge on any atom is 0.469 e. The monoisotopic (exact) mass is 1610 g/mol. The largest absolute Gasteiger partial charge is 0.481 e. The minimum atomic E-state index is -5.50. The van der Waals surface area contributed by atoms with E-state index in [9.17, 15) is 111 Å². The first-order valence-electron chi connectivity index (χ1n) is 35.2. The van der Waals surface area contributed by atoms with Crippen molar-refractivity contribution in [3.63, 3.8) is 0 Å². The number of rotatable bonds is 47. The number of carboxylic acids is 2. The van der Waals surface area contributed by atoms with Crippen molar-refractivity contribution in [2.75, 3.05) is 37.7 Å². The number of likely N-dealkylation sites (tertiary alicyclic amines) is 1. The molecule has 3 aliphatic heterocycles. The number of unbranched alkanes of at least 4 members (excludes halogenated alkanes) is 1. The van der Waals surface area contributed by atoms with E-state index in [1.165, 1.54) is 27.7 Å². The lowest BCUT2D eigenvalue weighted by Gasteiger charge is -2.33. The minimum absolute atomic E-state index is 0.0232. The van der Waals surface area contributed by atoms with Crippen LogP contribution in [0, 0.1) is 17.8 Å².